The Hall–Kier alpha value is -0.340. The molecule has 8 aliphatic carbocycles. The molecule has 0 aromatic rings. The Morgan fingerprint density at radius 2 is 1.30 bits per heavy atom. The second-order valence-corrected chi connectivity index (χ2v) is 10.7. The van der Waals surface area contributed by atoms with Crippen molar-refractivity contribution in [3.05, 3.63) is 12.2 Å². The van der Waals surface area contributed by atoms with Crippen LogP contribution in [0.3, 0.4) is 0 Å². The Morgan fingerprint density at radius 1 is 0.652 bits per heavy atom. The molecule has 0 amide bonds. The summed E-state index contributed by atoms with van der Waals surface area (Å²) in [6, 6.07) is 0. The van der Waals surface area contributed by atoms with Crippen LogP contribution >= 0.6 is 0 Å². The van der Waals surface area contributed by atoms with E-state index in [0.29, 0.717) is 17.8 Å². The van der Waals surface area contributed by atoms with Crippen molar-refractivity contribution in [1.29, 1.82) is 0 Å². The fraction of sp³-hybridized carbons (Fsp3) is 0.905. The van der Waals surface area contributed by atoms with Gasteiger partial charge < -0.3 is 10.2 Å². The minimum Gasteiger partial charge on any atom is -0.396 e. The van der Waals surface area contributed by atoms with E-state index in [-0.39, 0.29) is 18.6 Å². The van der Waals surface area contributed by atoms with E-state index in [0.717, 1.165) is 65.1 Å². The average molecular weight is 310 g/mol. The minimum atomic E-state index is -0.145. The number of fused-ring (bicyclic) bond motifs is 4. The molecule has 2 N–H and O–H groups in total. The summed E-state index contributed by atoms with van der Waals surface area (Å²) in [5, 5.41) is 21.1. The molecule has 0 spiro atoms. The summed E-state index contributed by atoms with van der Waals surface area (Å²) < 4.78 is 0. The molecule has 8 rings (SSSR count). The lowest BCUT2D eigenvalue weighted by molar-refractivity contribution is -0.0487. The Bertz CT molecular complexity index is 665. The molecule has 0 aliphatic heterocycles. The van der Waals surface area contributed by atoms with Crippen molar-refractivity contribution < 1.29 is 10.2 Å². The first-order valence-corrected chi connectivity index (χ1v) is 10.2. The van der Waals surface area contributed by atoms with Gasteiger partial charge in [0.25, 0.3) is 0 Å². The SMILES string of the molecule is OCC1(CO)[C@@H]2[C@@H]3C=C[C@@H]4[C@@H]3[C@@H]3[C@H]5[C@@H]6[C@@H]7[C@@H](CC[C@H]7[C@@H]1[C@H]6[C@H]32)[C@H]45. The molecular weight excluding hydrogens is 284 g/mol. The first-order valence-electron chi connectivity index (χ1n) is 10.2. The topological polar surface area (TPSA) is 40.5 Å². The fourth-order valence-corrected chi connectivity index (χ4v) is 12.0. The molecule has 0 aromatic carbocycles. The zero-order valence-corrected chi connectivity index (χ0v) is 13.5. The van der Waals surface area contributed by atoms with E-state index >= 15 is 0 Å². The van der Waals surface area contributed by atoms with Crippen molar-refractivity contribution in [1.82, 2.24) is 0 Å². The molecule has 0 aromatic heterocycles. The zero-order valence-electron chi connectivity index (χ0n) is 13.5. The van der Waals surface area contributed by atoms with Gasteiger partial charge in [-0.1, -0.05) is 12.2 Å². The van der Waals surface area contributed by atoms with Gasteiger partial charge in [-0.2, -0.15) is 0 Å². The van der Waals surface area contributed by atoms with Crippen LogP contribution in [-0.2, 0) is 0 Å². The first-order chi connectivity index (χ1) is 11.3. The van der Waals surface area contributed by atoms with Gasteiger partial charge in [-0.3, -0.25) is 0 Å². The Morgan fingerprint density at radius 3 is 2.13 bits per heavy atom. The summed E-state index contributed by atoms with van der Waals surface area (Å²) in [7, 11) is 0. The van der Waals surface area contributed by atoms with Crippen molar-refractivity contribution in [2.24, 2.45) is 88.3 Å². The normalized spacial score (nSPS) is 74.7. The van der Waals surface area contributed by atoms with Crippen LogP contribution in [0.15, 0.2) is 12.2 Å². The molecule has 0 bridgehead atoms. The molecule has 0 saturated heterocycles. The molecule has 8 aliphatic rings. The van der Waals surface area contributed by atoms with Gasteiger partial charge in [0.1, 0.15) is 0 Å². The van der Waals surface area contributed by atoms with Crippen LogP contribution in [0, 0.1) is 88.3 Å². The van der Waals surface area contributed by atoms with E-state index in [4.69, 9.17) is 0 Å². The van der Waals surface area contributed by atoms with Crippen LogP contribution in [-0.4, -0.2) is 23.4 Å². The second-order valence-electron chi connectivity index (χ2n) is 10.7. The third-order valence-electron chi connectivity index (χ3n) is 11.4. The van der Waals surface area contributed by atoms with Crippen LogP contribution < -0.4 is 0 Å². The molecule has 0 radical (unpaired) electrons. The maximum atomic E-state index is 10.6. The van der Waals surface area contributed by atoms with Crippen molar-refractivity contribution in [3.8, 4) is 0 Å². The first kappa shape index (κ1) is 12.1. The van der Waals surface area contributed by atoms with Crippen LogP contribution in [0.1, 0.15) is 12.8 Å². The number of hydrogen-bond donors (Lipinski definition) is 2. The number of aliphatic hydroxyl groups is 2. The van der Waals surface area contributed by atoms with Crippen LogP contribution in [0.25, 0.3) is 0 Å². The Kier molecular flexibility index (Phi) is 1.69. The third-order valence-corrected chi connectivity index (χ3v) is 11.4. The molecule has 0 heterocycles. The summed E-state index contributed by atoms with van der Waals surface area (Å²) in [4.78, 5) is 0. The smallest absolute Gasteiger partial charge is 0.0515 e. The molecule has 23 heavy (non-hydrogen) atoms. The molecule has 14 atom stereocenters. The molecule has 0 unspecified atom stereocenters. The van der Waals surface area contributed by atoms with Gasteiger partial charge in [-0.05, 0) is 95.7 Å². The van der Waals surface area contributed by atoms with Gasteiger partial charge >= 0.3 is 0 Å². The highest BCUT2D eigenvalue weighted by Gasteiger charge is 2.87. The summed E-state index contributed by atoms with van der Waals surface area (Å²) in [6.45, 7) is 0.490. The largest absolute Gasteiger partial charge is 0.396 e. The predicted octanol–water partition coefficient (Wildman–Crippen LogP) is 2.03. The summed E-state index contributed by atoms with van der Waals surface area (Å²) in [5.74, 6) is 12.4. The van der Waals surface area contributed by atoms with Crippen LogP contribution in [0.5, 0.6) is 0 Å². The molecule has 2 heteroatoms. The predicted molar refractivity (Wildman–Crippen MR) is 83.8 cm³/mol. The van der Waals surface area contributed by atoms with E-state index in [2.05, 4.69) is 12.2 Å². The molecule has 7 saturated carbocycles. The van der Waals surface area contributed by atoms with Crippen LogP contribution in [0.2, 0.25) is 0 Å². The van der Waals surface area contributed by atoms with Crippen molar-refractivity contribution in [3.63, 3.8) is 0 Å². The maximum Gasteiger partial charge on any atom is 0.0515 e. The summed E-state index contributed by atoms with van der Waals surface area (Å²) >= 11 is 0. The molecule has 7 fully saturated rings. The third kappa shape index (κ3) is 0.843. The highest BCUT2D eigenvalue weighted by Crippen LogP contribution is 2.89. The Balaban J connectivity index is 1.48. The van der Waals surface area contributed by atoms with Crippen LogP contribution in [0.4, 0.5) is 0 Å². The van der Waals surface area contributed by atoms with Crippen molar-refractivity contribution in [2.45, 2.75) is 12.8 Å². The van der Waals surface area contributed by atoms with Gasteiger partial charge in [0.2, 0.25) is 0 Å². The van der Waals surface area contributed by atoms with Gasteiger partial charge in [-0.25, -0.2) is 0 Å². The molecular formula is C21H26O2. The van der Waals surface area contributed by atoms with Crippen molar-refractivity contribution in [2.75, 3.05) is 13.2 Å². The van der Waals surface area contributed by atoms with E-state index in [9.17, 15) is 10.2 Å². The fourth-order valence-electron chi connectivity index (χ4n) is 12.0. The van der Waals surface area contributed by atoms with Gasteiger partial charge in [0, 0.05) is 5.41 Å². The minimum absolute atomic E-state index is 0.145. The van der Waals surface area contributed by atoms with E-state index in [1.54, 1.807) is 0 Å². The monoisotopic (exact) mass is 310 g/mol. The highest BCUT2D eigenvalue weighted by atomic mass is 16.3. The lowest BCUT2D eigenvalue weighted by Gasteiger charge is -2.43. The zero-order chi connectivity index (χ0) is 14.8. The number of hydrogen-bond acceptors (Lipinski definition) is 2. The number of rotatable bonds is 2. The van der Waals surface area contributed by atoms with E-state index < -0.39 is 0 Å². The molecule has 122 valence electrons. The van der Waals surface area contributed by atoms with Gasteiger partial charge in [0.05, 0.1) is 13.2 Å². The van der Waals surface area contributed by atoms with Crippen molar-refractivity contribution >= 4 is 0 Å². The highest BCUT2D eigenvalue weighted by molar-refractivity contribution is 5.37. The number of allylic oxidation sites excluding steroid dienone is 2. The standard InChI is InChI=1S/C21H26O2/c22-5-21(6-23)19-9-3-1-7-11-8-2-4-10-13(8)16-14(11)15(12(7)9)17(19)18(16)20(10)21/h1,3,7-20,22-23H,2,4-6H2/t7-,8-,9+,10+,11-,12-,13+,14-,15+,16-,17-,18+,19+,20+/m0/s1. The maximum absolute atomic E-state index is 10.6. The molecule has 2 nitrogen and oxygen atoms in total. The summed E-state index contributed by atoms with van der Waals surface area (Å²) in [6.07, 6.45) is 8.06. The van der Waals surface area contributed by atoms with Gasteiger partial charge in [0.15, 0.2) is 0 Å². The average Bonchev–Trinajstić information content (AvgIpc) is 3.28. The quantitative estimate of drug-likeness (QED) is 0.766. The lowest BCUT2D eigenvalue weighted by Crippen LogP contribution is -2.45. The Labute approximate surface area is 137 Å². The lowest BCUT2D eigenvalue weighted by atomic mass is 9.63. The summed E-state index contributed by atoms with van der Waals surface area (Å²) in [5.41, 5.74) is -0.145. The van der Waals surface area contributed by atoms with E-state index in [1.807, 2.05) is 0 Å². The number of aliphatic hydroxyl groups excluding tert-OH is 2. The van der Waals surface area contributed by atoms with E-state index in [1.165, 1.54) is 12.8 Å². The van der Waals surface area contributed by atoms with Gasteiger partial charge in [-0.15, -0.1) is 0 Å². The second kappa shape index (κ2) is 3.21.